The summed E-state index contributed by atoms with van der Waals surface area (Å²) in [6, 6.07) is 13.3. The molecule has 3 amide bonds. The van der Waals surface area contributed by atoms with Crippen molar-refractivity contribution in [1.29, 1.82) is 5.41 Å². The summed E-state index contributed by atoms with van der Waals surface area (Å²) in [5.74, 6) is -1.95. The zero-order chi connectivity index (χ0) is 20.5. The van der Waals surface area contributed by atoms with E-state index in [4.69, 9.17) is 16.2 Å². The van der Waals surface area contributed by atoms with E-state index < -0.39 is 23.9 Å². The molecular weight excluding hydrogens is 364 g/mol. The third-order valence-electron chi connectivity index (χ3n) is 3.58. The predicted molar refractivity (Wildman–Crippen MR) is 103 cm³/mol. The molecule has 0 spiro atoms. The molecule has 10 heteroatoms. The van der Waals surface area contributed by atoms with Crippen molar-refractivity contribution in [2.75, 3.05) is 5.32 Å². The second-order valence-electron chi connectivity index (χ2n) is 5.73. The van der Waals surface area contributed by atoms with E-state index in [0.29, 0.717) is 11.3 Å². The van der Waals surface area contributed by atoms with Crippen LogP contribution in [0.3, 0.4) is 0 Å². The van der Waals surface area contributed by atoms with E-state index >= 15 is 0 Å². The Balaban J connectivity index is 1.95. The average Bonchev–Trinajstić information content (AvgIpc) is 2.65. The first-order chi connectivity index (χ1) is 13.3. The molecule has 0 bridgehead atoms. The Labute approximate surface area is 160 Å². The molecule has 0 fully saturated rings. The number of guanidine groups is 1. The highest BCUT2D eigenvalue weighted by molar-refractivity contribution is 5.97. The van der Waals surface area contributed by atoms with Gasteiger partial charge in [0.15, 0.2) is 5.96 Å². The summed E-state index contributed by atoms with van der Waals surface area (Å²) in [5, 5.41) is 21.3. The van der Waals surface area contributed by atoms with Crippen LogP contribution < -0.4 is 27.2 Å². The van der Waals surface area contributed by atoms with E-state index in [1.54, 1.807) is 42.5 Å². The van der Waals surface area contributed by atoms with Crippen molar-refractivity contribution < 1.29 is 19.5 Å². The van der Waals surface area contributed by atoms with E-state index in [2.05, 4.69) is 21.5 Å². The van der Waals surface area contributed by atoms with Crippen LogP contribution >= 0.6 is 0 Å². The van der Waals surface area contributed by atoms with Gasteiger partial charge in [0.25, 0.3) is 5.91 Å². The summed E-state index contributed by atoms with van der Waals surface area (Å²) in [6.07, 6.45) is -0.315. The van der Waals surface area contributed by atoms with Crippen LogP contribution in [0.4, 0.5) is 10.5 Å². The second kappa shape index (κ2) is 9.57. The van der Waals surface area contributed by atoms with Crippen molar-refractivity contribution >= 4 is 29.6 Å². The van der Waals surface area contributed by atoms with Gasteiger partial charge in [0, 0.05) is 11.3 Å². The zero-order valence-electron chi connectivity index (χ0n) is 14.7. The third kappa shape index (κ3) is 6.33. The number of carboxylic acid groups (broad SMARTS) is 1. The van der Waals surface area contributed by atoms with E-state index in [9.17, 15) is 14.4 Å². The lowest BCUT2D eigenvalue weighted by Crippen LogP contribution is -2.48. The van der Waals surface area contributed by atoms with Crippen LogP contribution in [-0.4, -0.2) is 29.0 Å². The van der Waals surface area contributed by atoms with E-state index in [0.717, 1.165) is 0 Å². The molecule has 0 heterocycles. The quantitative estimate of drug-likeness (QED) is 0.224. The summed E-state index contributed by atoms with van der Waals surface area (Å²) < 4.78 is 0. The molecule has 0 aliphatic carbocycles. The van der Waals surface area contributed by atoms with Crippen molar-refractivity contribution in [3.63, 3.8) is 0 Å². The Morgan fingerprint density at radius 3 is 2.39 bits per heavy atom. The van der Waals surface area contributed by atoms with Gasteiger partial charge in [-0.3, -0.25) is 20.4 Å². The van der Waals surface area contributed by atoms with Crippen LogP contribution in [0.25, 0.3) is 0 Å². The van der Waals surface area contributed by atoms with Gasteiger partial charge in [-0.25, -0.2) is 10.2 Å². The lowest BCUT2D eigenvalue weighted by atomic mass is 10.0. The van der Waals surface area contributed by atoms with Gasteiger partial charge < -0.3 is 21.5 Å². The molecule has 10 nitrogen and oxygen atoms in total. The SMILES string of the molecule is N=C(N)Nc1cccc(C(=O)NNC(=O)NC(CC(=O)O)c2ccccc2)c1. The highest BCUT2D eigenvalue weighted by Gasteiger charge is 2.18. The molecule has 0 aromatic heterocycles. The molecule has 28 heavy (non-hydrogen) atoms. The maximum absolute atomic E-state index is 12.2. The first-order valence-electron chi connectivity index (χ1n) is 8.20. The third-order valence-corrected chi connectivity index (χ3v) is 3.58. The zero-order valence-corrected chi connectivity index (χ0v) is 14.7. The fourth-order valence-corrected chi connectivity index (χ4v) is 2.39. The fraction of sp³-hybridized carbons (Fsp3) is 0.111. The Morgan fingerprint density at radius 2 is 1.75 bits per heavy atom. The summed E-state index contributed by atoms with van der Waals surface area (Å²) in [7, 11) is 0. The first kappa shape index (κ1) is 20.2. The lowest BCUT2D eigenvalue weighted by Gasteiger charge is -2.18. The fourth-order valence-electron chi connectivity index (χ4n) is 2.39. The molecule has 1 unspecified atom stereocenters. The van der Waals surface area contributed by atoms with Gasteiger partial charge in [-0.1, -0.05) is 36.4 Å². The Kier molecular flexibility index (Phi) is 6.92. The van der Waals surface area contributed by atoms with Crippen LogP contribution in [-0.2, 0) is 4.79 Å². The van der Waals surface area contributed by atoms with Crippen molar-refractivity contribution in [2.24, 2.45) is 5.73 Å². The molecular formula is C18H20N6O4. The maximum Gasteiger partial charge on any atom is 0.333 e. The molecule has 0 aliphatic rings. The Morgan fingerprint density at radius 1 is 1.04 bits per heavy atom. The number of amides is 3. The number of hydrogen-bond donors (Lipinski definition) is 7. The van der Waals surface area contributed by atoms with Crippen LogP contribution in [0.5, 0.6) is 0 Å². The summed E-state index contributed by atoms with van der Waals surface area (Å²) in [4.78, 5) is 35.3. The molecule has 2 aromatic carbocycles. The summed E-state index contributed by atoms with van der Waals surface area (Å²) >= 11 is 0. The minimum absolute atomic E-state index is 0.219. The number of nitrogens with one attached hydrogen (secondary N) is 5. The van der Waals surface area contributed by atoms with Gasteiger partial charge in [0.05, 0.1) is 12.5 Å². The van der Waals surface area contributed by atoms with Crippen LogP contribution in [0.2, 0.25) is 0 Å². The van der Waals surface area contributed by atoms with Gasteiger partial charge >= 0.3 is 12.0 Å². The minimum Gasteiger partial charge on any atom is -0.481 e. The minimum atomic E-state index is -1.08. The normalized spacial score (nSPS) is 11.0. The van der Waals surface area contributed by atoms with Crippen molar-refractivity contribution in [3.8, 4) is 0 Å². The molecule has 2 rings (SSSR count). The number of urea groups is 1. The van der Waals surface area contributed by atoms with Crippen molar-refractivity contribution in [3.05, 3.63) is 65.7 Å². The molecule has 8 N–H and O–H groups in total. The van der Waals surface area contributed by atoms with Crippen LogP contribution in [0, 0.1) is 5.41 Å². The standard InChI is InChI=1S/C18H20N6O4/c19-17(20)21-13-8-4-7-12(9-13)16(27)23-24-18(28)22-14(10-15(25)26)11-5-2-1-3-6-11/h1-9,14H,10H2,(H,23,27)(H,25,26)(H4,19,20,21)(H2,22,24,28). The highest BCUT2D eigenvalue weighted by Crippen LogP contribution is 2.16. The molecule has 0 radical (unpaired) electrons. The number of benzene rings is 2. The Hall–Kier alpha value is -4.08. The maximum atomic E-state index is 12.2. The number of nitrogens with two attached hydrogens (primary N) is 1. The van der Waals surface area contributed by atoms with Crippen molar-refractivity contribution in [2.45, 2.75) is 12.5 Å². The number of hydrogen-bond acceptors (Lipinski definition) is 4. The number of hydrazine groups is 1. The molecule has 1 atom stereocenters. The van der Waals surface area contributed by atoms with Gasteiger partial charge in [-0.15, -0.1) is 0 Å². The van der Waals surface area contributed by atoms with Crippen LogP contribution in [0.15, 0.2) is 54.6 Å². The Bertz CT molecular complexity index is 871. The monoisotopic (exact) mass is 384 g/mol. The largest absolute Gasteiger partial charge is 0.481 e. The number of carboxylic acids is 1. The number of carbonyl (C=O) groups excluding carboxylic acids is 2. The molecule has 146 valence electrons. The molecule has 2 aromatic rings. The van der Waals surface area contributed by atoms with E-state index in [-0.39, 0.29) is 17.9 Å². The first-order valence-corrected chi connectivity index (χ1v) is 8.20. The summed E-state index contributed by atoms with van der Waals surface area (Å²) in [6.45, 7) is 0. The van der Waals surface area contributed by atoms with Crippen LogP contribution in [0.1, 0.15) is 28.4 Å². The van der Waals surface area contributed by atoms with Gasteiger partial charge in [0.2, 0.25) is 0 Å². The lowest BCUT2D eigenvalue weighted by molar-refractivity contribution is -0.137. The van der Waals surface area contributed by atoms with Crippen molar-refractivity contribution in [1.82, 2.24) is 16.2 Å². The number of rotatable bonds is 6. The van der Waals surface area contributed by atoms with E-state index in [1.807, 2.05) is 0 Å². The van der Waals surface area contributed by atoms with E-state index in [1.165, 1.54) is 12.1 Å². The van der Waals surface area contributed by atoms with Gasteiger partial charge in [-0.05, 0) is 23.8 Å². The number of aliphatic carboxylic acids is 1. The smallest absolute Gasteiger partial charge is 0.333 e. The molecule has 0 aliphatic heterocycles. The van der Waals surface area contributed by atoms with Gasteiger partial charge in [-0.2, -0.15) is 0 Å². The number of anilines is 1. The summed E-state index contributed by atoms with van der Waals surface area (Å²) in [5.41, 5.74) is 10.9. The topological polar surface area (TPSA) is 169 Å². The molecule has 0 saturated heterocycles. The number of carbonyl (C=O) groups is 3. The second-order valence-corrected chi connectivity index (χ2v) is 5.73. The average molecular weight is 384 g/mol. The molecule has 0 saturated carbocycles. The predicted octanol–water partition coefficient (Wildman–Crippen LogP) is 1.15. The van der Waals surface area contributed by atoms with Gasteiger partial charge in [0.1, 0.15) is 0 Å². The highest BCUT2D eigenvalue weighted by atomic mass is 16.4.